The Labute approximate surface area is 242 Å². The van der Waals surface area contributed by atoms with Gasteiger partial charge in [0.05, 0.1) is 19.3 Å². The number of nitrogens with one attached hydrogen (secondary N) is 3. The number of quaternary nitrogens is 3. The van der Waals surface area contributed by atoms with E-state index in [-0.39, 0.29) is 5.48 Å². The van der Waals surface area contributed by atoms with E-state index >= 15 is 0 Å². The molecule has 0 spiro atoms. The minimum atomic E-state index is -4.11. The zero-order valence-corrected chi connectivity index (χ0v) is 29.3. The Morgan fingerprint density at radius 2 is 0.706 bits per heavy atom. The summed E-state index contributed by atoms with van der Waals surface area (Å²) < 4.78 is 0. The molecule has 0 aromatic carbocycles. The second kappa shape index (κ2) is 19.3. The molecule has 0 aliphatic carbocycles. The number of rotatable bonds is 3. The molecule has 0 aromatic rings. The van der Waals surface area contributed by atoms with Crippen molar-refractivity contribution < 1.29 is 53.7 Å². The third-order valence-corrected chi connectivity index (χ3v) is 3.13. The molecule has 208 valence electrons. The molecule has 11 N–H and O–H groups in total. The van der Waals surface area contributed by atoms with Crippen LogP contribution >= 0.6 is 96.9 Å². The van der Waals surface area contributed by atoms with Crippen molar-refractivity contribution in [3.8, 4) is 0 Å². The summed E-state index contributed by atoms with van der Waals surface area (Å²) in [6, 6.07) is 0. The van der Waals surface area contributed by atoms with Gasteiger partial charge >= 0.3 is 132 Å². The second-order valence-corrected chi connectivity index (χ2v) is 58.4. The first-order chi connectivity index (χ1) is 14.8. The fourth-order valence-electron chi connectivity index (χ4n) is 1.76. The molecule has 0 bridgehead atoms. The summed E-state index contributed by atoms with van der Waals surface area (Å²) in [5.41, 5.74) is 0. The van der Waals surface area contributed by atoms with E-state index in [4.69, 9.17) is 96.9 Å². The molecular formula is C15H32Cl10N6ORu2+6. The molecule has 7 nitrogen and oxygen atoms in total. The minimum absolute atomic E-state index is 0. The molecule has 0 unspecified atom stereocenters. The van der Waals surface area contributed by atoms with Crippen LogP contribution in [0.4, 0.5) is 0 Å². The summed E-state index contributed by atoms with van der Waals surface area (Å²) in [5, 5.41) is 6.25. The molecule has 0 radical (unpaired) electrons. The van der Waals surface area contributed by atoms with Crippen LogP contribution in [-0.4, -0.2) is 23.0 Å². The number of halogens is 10. The van der Waals surface area contributed by atoms with E-state index in [0.717, 1.165) is 19.3 Å². The van der Waals surface area contributed by atoms with Crippen LogP contribution in [0.3, 0.4) is 0 Å². The molecule has 0 atom stereocenters. The van der Waals surface area contributed by atoms with E-state index in [2.05, 4.69) is 51.7 Å². The molecule has 0 saturated carbocycles. The van der Waals surface area contributed by atoms with Gasteiger partial charge in [-0.25, -0.2) is 16.0 Å². The summed E-state index contributed by atoms with van der Waals surface area (Å²) in [6.45, 7) is 6.39. The Hall–Kier alpha value is 2.22. The van der Waals surface area contributed by atoms with Crippen molar-refractivity contribution in [2.75, 3.05) is 0 Å². The van der Waals surface area contributed by atoms with Crippen LogP contribution < -0.4 is 30.9 Å². The van der Waals surface area contributed by atoms with Crippen LogP contribution in [0.5, 0.6) is 0 Å². The Morgan fingerprint density at radius 3 is 0.765 bits per heavy atom. The van der Waals surface area contributed by atoms with E-state index in [0.29, 0.717) is 0 Å². The van der Waals surface area contributed by atoms with Crippen LogP contribution in [0.1, 0.15) is 40.0 Å². The van der Waals surface area contributed by atoms with Crippen LogP contribution in [-0.2, 0) is 17.3 Å². The van der Waals surface area contributed by atoms with Crippen molar-refractivity contribution in [2.45, 2.75) is 40.0 Å². The monoisotopic (exact) mass is 866 g/mol. The topological polar surface area (TPSA) is 123 Å². The van der Waals surface area contributed by atoms with Crippen LogP contribution in [0.2, 0.25) is 0 Å². The van der Waals surface area contributed by atoms with Gasteiger partial charge < -0.3 is 5.48 Å². The number of nitrogens with two attached hydrogens (primary N) is 3. The number of hydrogen-bond acceptors (Lipinski definition) is 0. The summed E-state index contributed by atoms with van der Waals surface area (Å²) in [5.74, 6) is 3.92. The van der Waals surface area contributed by atoms with Gasteiger partial charge in [-0.2, -0.15) is 15.0 Å². The molecular weight excluding hydrogens is 837 g/mol. The van der Waals surface area contributed by atoms with Crippen molar-refractivity contribution in [1.82, 2.24) is 0 Å². The van der Waals surface area contributed by atoms with Gasteiger partial charge in [0.15, 0.2) is 18.6 Å². The molecule has 3 rings (SSSR count). The Balaban J connectivity index is -0.000000352. The number of hydrogen-bond donors (Lipinski definition) is 6. The first-order valence-electron chi connectivity index (χ1n) is 9.00. The standard InChI is InChI=1S/3C5H8N2.10ClH.H2O.2Ru/c3*1-2-5-6-3-4-7-5;;;;;;;;;;;;;/h3*3-4H,2H2,1H3,(H,6,7);10*1H;1H2;;/q;;;;;;;;;;;;;;2*+5/p-4. The fraction of sp³-hybridized carbons (Fsp3) is 0.400. The van der Waals surface area contributed by atoms with Crippen LogP contribution in [0.15, 0.2) is 37.2 Å². The van der Waals surface area contributed by atoms with Crippen molar-refractivity contribution in [1.29, 1.82) is 0 Å². The normalized spacial score (nSPS) is 17.6. The van der Waals surface area contributed by atoms with Gasteiger partial charge in [0.25, 0.3) is 0 Å². The van der Waals surface area contributed by atoms with Gasteiger partial charge in [-0.05, 0) is 20.8 Å². The van der Waals surface area contributed by atoms with Gasteiger partial charge in [-0.1, -0.05) is 0 Å². The Bertz CT molecular complexity index is 659. The second-order valence-electron chi connectivity index (χ2n) is 5.66. The van der Waals surface area contributed by atoms with Gasteiger partial charge in [-0.15, -0.1) is 0 Å². The maximum absolute atomic E-state index is 5.02. The van der Waals surface area contributed by atoms with Crippen molar-refractivity contribution in [3.63, 3.8) is 0 Å². The molecule has 34 heavy (non-hydrogen) atoms. The molecule has 0 amide bonds. The zero-order valence-electron chi connectivity index (χ0n) is 18.3. The van der Waals surface area contributed by atoms with Gasteiger partial charge in [0, 0.05) is 0 Å². The average Bonchev–Trinajstić information content (AvgIpc) is 3.42. The molecule has 19 heteroatoms. The van der Waals surface area contributed by atoms with E-state index in [1.54, 1.807) is 0 Å². The fourth-order valence-corrected chi connectivity index (χ4v) is 1.76. The Kier molecular flexibility index (Phi) is 23.1. The molecule has 3 aliphatic heterocycles. The van der Waals surface area contributed by atoms with E-state index in [9.17, 15) is 0 Å². The molecule has 0 fully saturated rings. The van der Waals surface area contributed by atoms with E-state index < -0.39 is 17.3 Å². The predicted octanol–water partition coefficient (Wildman–Crippen LogP) is -0.164. The summed E-state index contributed by atoms with van der Waals surface area (Å²) in [7, 11) is 42.0. The zero-order chi connectivity index (χ0) is 26.2. The average molecular weight is 869 g/mol. The molecule has 3 aliphatic rings. The first kappa shape index (κ1) is 40.7. The van der Waals surface area contributed by atoms with Crippen molar-refractivity contribution >= 4 is 114 Å². The molecule has 0 saturated heterocycles. The Morgan fingerprint density at radius 1 is 0.529 bits per heavy atom. The third-order valence-electron chi connectivity index (χ3n) is 3.13. The van der Waals surface area contributed by atoms with E-state index in [1.807, 2.05) is 37.2 Å². The van der Waals surface area contributed by atoms with Gasteiger partial charge in [0.1, 0.15) is 0 Å². The van der Waals surface area contributed by atoms with Crippen molar-refractivity contribution in [3.05, 3.63) is 37.2 Å². The van der Waals surface area contributed by atoms with Gasteiger partial charge in [0.2, 0.25) is 18.6 Å². The maximum atomic E-state index is 5.02. The van der Waals surface area contributed by atoms with Crippen molar-refractivity contribution in [2.24, 2.45) is 0 Å². The van der Waals surface area contributed by atoms with Gasteiger partial charge in [-0.3, -0.25) is 0 Å². The van der Waals surface area contributed by atoms with Crippen LogP contribution in [0, 0.1) is 0 Å². The number of amidine groups is 3. The predicted molar refractivity (Wildman–Crippen MR) is 144 cm³/mol. The first-order valence-corrected chi connectivity index (χ1v) is 31.4. The SMILES string of the molecule is CCC1=[NH+]C=C[NH2+]1.CCC1=[NH+]C=C[NH2+]1.CCC1=[NH+]C=C[NH2+]1.O.[Cl][Ru]([Cl])([Cl])([Cl])[Cl].[Cl][Ru]([Cl])([Cl])([Cl])[Cl]. The quantitative estimate of drug-likeness (QED) is 0.212. The summed E-state index contributed by atoms with van der Waals surface area (Å²) in [6.07, 6.45) is 15.2. The molecule has 3 heterocycles. The third kappa shape index (κ3) is 44.2. The molecule has 0 aromatic heterocycles. The summed E-state index contributed by atoms with van der Waals surface area (Å²) in [4.78, 5) is 9.26. The van der Waals surface area contributed by atoms with E-state index in [1.165, 1.54) is 17.5 Å². The summed E-state index contributed by atoms with van der Waals surface area (Å²) >= 11 is 0. The van der Waals surface area contributed by atoms with Crippen LogP contribution in [0.25, 0.3) is 0 Å².